The number of piperazine rings is 1. The summed E-state index contributed by atoms with van der Waals surface area (Å²) in [4.78, 5) is 25.3. The van der Waals surface area contributed by atoms with E-state index in [0.29, 0.717) is 13.1 Å². The highest BCUT2D eigenvalue weighted by Crippen LogP contribution is 2.30. The molecule has 1 fully saturated rings. The molecule has 0 atom stereocenters. The van der Waals surface area contributed by atoms with Gasteiger partial charge in [0.1, 0.15) is 22.0 Å². The molecule has 146 valence electrons. The standard InChI is InChI=1S/C17H26N2O6S/c1-5-13(6-2)16(20)18-7-9-19(10-8-18)26(23,24)15-12(4)25-11(3)14(15)17(21)22/h13H,5-10H2,1-4H3,(H,21,22). The minimum atomic E-state index is -4.01. The van der Waals surface area contributed by atoms with E-state index in [4.69, 9.17) is 4.42 Å². The van der Waals surface area contributed by atoms with Crippen LogP contribution in [0.4, 0.5) is 0 Å². The Morgan fingerprint density at radius 2 is 1.62 bits per heavy atom. The van der Waals surface area contributed by atoms with Gasteiger partial charge in [0.15, 0.2) is 0 Å². The lowest BCUT2D eigenvalue weighted by Gasteiger charge is -2.35. The highest BCUT2D eigenvalue weighted by molar-refractivity contribution is 7.89. The van der Waals surface area contributed by atoms with Crippen molar-refractivity contribution >= 4 is 21.9 Å². The molecule has 1 aromatic rings. The summed E-state index contributed by atoms with van der Waals surface area (Å²) in [5.41, 5.74) is -0.321. The number of rotatable bonds is 6. The van der Waals surface area contributed by atoms with Crippen molar-refractivity contribution in [1.29, 1.82) is 0 Å². The summed E-state index contributed by atoms with van der Waals surface area (Å²) in [6.07, 6.45) is 1.51. The molecular weight excluding hydrogens is 360 g/mol. The van der Waals surface area contributed by atoms with Gasteiger partial charge in [0.25, 0.3) is 0 Å². The van der Waals surface area contributed by atoms with Crippen LogP contribution in [0.25, 0.3) is 0 Å². The number of carboxylic acid groups (broad SMARTS) is 1. The zero-order valence-corrected chi connectivity index (χ0v) is 16.4. The van der Waals surface area contributed by atoms with Crippen LogP contribution >= 0.6 is 0 Å². The number of amides is 1. The summed E-state index contributed by atoms with van der Waals surface area (Å²) in [6, 6.07) is 0. The summed E-state index contributed by atoms with van der Waals surface area (Å²) in [6.45, 7) is 7.67. The molecule has 8 nitrogen and oxygen atoms in total. The number of carboxylic acids is 1. The number of nitrogens with zero attached hydrogens (tertiary/aromatic N) is 2. The molecule has 0 bridgehead atoms. The lowest BCUT2D eigenvalue weighted by atomic mass is 10.0. The first-order chi connectivity index (χ1) is 12.1. The summed E-state index contributed by atoms with van der Waals surface area (Å²) >= 11 is 0. The zero-order valence-electron chi connectivity index (χ0n) is 15.6. The lowest BCUT2D eigenvalue weighted by Crippen LogP contribution is -2.52. The van der Waals surface area contributed by atoms with Gasteiger partial charge in [-0.25, -0.2) is 13.2 Å². The van der Waals surface area contributed by atoms with E-state index in [0.717, 1.165) is 12.8 Å². The summed E-state index contributed by atoms with van der Waals surface area (Å²) in [5.74, 6) is -1.20. The minimum Gasteiger partial charge on any atom is -0.478 e. The van der Waals surface area contributed by atoms with Crippen molar-refractivity contribution in [1.82, 2.24) is 9.21 Å². The van der Waals surface area contributed by atoms with E-state index < -0.39 is 16.0 Å². The second-order valence-electron chi connectivity index (χ2n) is 6.47. The first kappa shape index (κ1) is 20.4. The maximum atomic E-state index is 13.0. The molecule has 0 spiro atoms. The van der Waals surface area contributed by atoms with Crippen LogP contribution in [0.1, 0.15) is 48.6 Å². The van der Waals surface area contributed by atoms with E-state index in [1.54, 1.807) is 4.90 Å². The molecular formula is C17H26N2O6S. The van der Waals surface area contributed by atoms with E-state index in [-0.39, 0.29) is 46.9 Å². The van der Waals surface area contributed by atoms with Gasteiger partial charge in [-0.05, 0) is 26.7 Å². The number of aryl methyl sites for hydroxylation is 2. The van der Waals surface area contributed by atoms with Crippen LogP contribution in [-0.4, -0.2) is 60.8 Å². The van der Waals surface area contributed by atoms with Gasteiger partial charge < -0.3 is 14.4 Å². The Bertz CT molecular complexity index is 786. The van der Waals surface area contributed by atoms with Crippen LogP contribution in [0.3, 0.4) is 0 Å². The highest BCUT2D eigenvalue weighted by Gasteiger charge is 2.37. The number of carbonyl (C=O) groups excluding carboxylic acids is 1. The van der Waals surface area contributed by atoms with Crippen molar-refractivity contribution in [2.45, 2.75) is 45.4 Å². The predicted octanol–water partition coefficient (Wildman–Crippen LogP) is 1.86. The Kier molecular flexibility index (Phi) is 6.13. The Morgan fingerprint density at radius 3 is 2.08 bits per heavy atom. The maximum absolute atomic E-state index is 13.0. The van der Waals surface area contributed by atoms with E-state index >= 15 is 0 Å². The first-order valence-corrected chi connectivity index (χ1v) is 10.2. The van der Waals surface area contributed by atoms with Crippen molar-refractivity contribution in [2.24, 2.45) is 5.92 Å². The van der Waals surface area contributed by atoms with Gasteiger partial charge in [-0.1, -0.05) is 13.8 Å². The number of hydrogen-bond acceptors (Lipinski definition) is 5. The van der Waals surface area contributed by atoms with Crippen molar-refractivity contribution in [2.75, 3.05) is 26.2 Å². The van der Waals surface area contributed by atoms with Gasteiger partial charge in [-0.2, -0.15) is 4.31 Å². The average Bonchev–Trinajstić information content (AvgIpc) is 2.91. The molecule has 1 saturated heterocycles. The van der Waals surface area contributed by atoms with Crippen molar-refractivity contribution in [3.05, 3.63) is 17.1 Å². The lowest BCUT2D eigenvalue weighted by molar-refractivity contribution is -0.137. The molecule has 1 aromatic heterocycles. The predicted molar refractivity (Wildman–Crippen MR) is 94.6 cm³/mol. The normalized spacial score (nSPS) is 16.3. The molecule has 1 N–H and O–H groups in total. The maximum Gasteiger partial charge on any atom is 0.340 e. The van der Waals surface area contributed by atoms with Gasteiger partial charge in [0.05, 0.1) is 0 Å². The van der Waals surface area contributed by atoms with Crippen molar-refractivity contribution in [3.8, 4) is 0 Å². The second-order valence-corrected chi connectivity index (χ2v) is 8.34. The largest absolute Gasteiger partial charge is 0.478 e. The molecule has 1 aliphatic rings. The molecule has 26 heavy (non-hydrogen) atoms. The molecule has 2 rings (SSSR count). The van der Waals surface area contributed by atoms with E-state index in [2.05, 4.69) is 0 Å². The number of carbonyl (C=O) groups is 2. The van der Waals surface area contributed by atoms with Crippen molar-refractivity contribution in [3.63, 3.8) is 0 Å². The molecule has 9 heteroatoms. The third-order valence-corrected chi connectivity index (χ3v) is 6.95. The minimum absolute atomic E-state index is 0.0458. The number of aromatic carboxylic acids is 1. The molecule has 2 heterocycles. The molecule has 0 radical (unpaired) electrons. The summed E-state index contributed by atoms with van der Waals surface area (Å²) in [5, 5.41) is 9.36. The SMILES string of the molecule is CCC(CC)C(=O)N1CCN(S(=O)(=O)c2c(C)oc(C)c2C(=O)O)CC1. The Hall–Kier alpha value is -1.87. The third-order valence-electron chi connectivity index (χ3n) is 4.90. The van der Waals surface area contributed by atoms with Crippen LogP contribution < -0.4 is 0 Å². The molecule has 0 aliphatic carbocycles. The second kappa shape index (κ2) is 7.79. The van der Waals surface area contributed by atoms with Crippen molar-refractivity contribution < 1.29 is 27.5 Å². The van der Waals surface area contributed by atoms with Crippen LogP contribution in [0.15, 0.2) is 9.31 Å². The van der Waals surface area contributed by atoms with Gasteiger partial charge >= 0.3 is 5.97 Å². The molecule has 0 unspecified atom stereocenters. The monoisotopic (exact) mass is 386 g/mol. The third kappa shape index (κ3) is 3.64. The molecule has 0 saturated carbocycles. The van der Waals surface area contributed by atoms with Crippen LogP contribution in [-0.2, 0) is 14.8 Å². The topological polar surface area (TPSA) is 108 Å². The van der Waals surface area contributed by atoms with E-state index in [1.807, 2.05) is 13.8 Å². The fourth-order valence-electron chi connectivity index (χ4n) is 3.40. The van der Waals surface area contributed by atoms with Crippen LogP contribution in [0.2, 0.25) is 0 Å². The van der Waals surface area contributed by atoms with Crippen LogP contribution in [0.5, 0.6) is 0 Å². The highest BCUT2D eigenvalue weighted by atomic mass is 32.2. The fourth-order valence-corrected chi connectivity index (χ4v) is 5.19. The average molecular weight is 386 g/mol. The Labute approximate surface area is 153 Å². The zero-order chi connectivity index (χ0) is 19.6. The first-order valence-electron chi connectivity index (χ1n) is 8.77. The number of furan rings is 1. The van der Waals surface area contributed by atoms with E-state index in [9.17, 15) is 23.1 Å². The molecule has 1 amide bonds. The number of hydrogen-bond donors (Lipinski definition) is 1. The van der Waals surface area contributed by atoms with Crippen LogP contribution in [0, 0.1) is 19.8 Å². The molecule has 0 aromatic carbocycles. The van der Waals surface area contributed by atoms with E-state index in [1.165, 1.54) is 18.2 Å². The van der Waals surface area contributed by atoms with Gasteiger partial charge in [-0.15, -0.1) is 0 Å². The van der Waals surface area contributed by atoms with Gasteiger partial charge in [0.2, 0.25) is 15.9 Å². The quantitative estimate of drug-likeness (QED) is 0.799. The summed E-state index contributed by atoms with van der Waals surface area (Å²) in [7, 11) is -4.01. The fraction of sp³-hybridized carbons (Fsp3) is 0.647. The molecule has 1 aliphatic heterocycles. The van der Waals surface area contributed by atoms with Gasteiger partial charge in [0, 0.05) is 32.1 Å². The summed E-state index contributed by atoms with van der Waals surface area (Å²) < 4.78 is 32.4. The Balaban J connectivity index is 2.22. The Morgan fingerprint density at radius 1 is 1.08 bits per heavy atom. The van der Waals surface area contributed by atoms with Gasteiger partial charge in [-0.3, -0.25) is 4.79 Å². The number of sulfonamides is 1. The smallest absolute Gasteiger partial charge is 0.340 e.